The van der Waals surface area contributed by atoms with Crippen LogP contribution < -0.4 is 5.73 Å². The molecule has 1 saturated carbocycles. The maximum Gasteiger partial charge on any atom is 0.0891 e. The summed E-state index contributed by atoms with van der Waals surface area (Å²) < 4.78 is 5.79. The summed E-state index contributed by atoms with van der Waals surface area (Å²) in [6.45, 7) is 1.12. The molecule has 0 atom stereocenters. The van der Waals surface area contributed by atoms with E-state index in [-0.39, 0.29) is 0 Å². The summed E-state index contributed by atoms with van der Waals surface area (Å²) in [5.41, 5.74) is 7.46. The first-order valence-electron chi connectivity index (χ1n) is 5.65. The van der Waals surface area contributed by atoms with Crippen LogP contribution in [0.15, 0.2) is 18.2 Å². The zero-order valence-corrected chi connectivity index (χ0v) is 8.98. The van der Waals surface area contributed by atoms with E-state index in [1.54, 1.807) is 0 Å². The number of hydrogen-bond donors (Lipinski definition) is 1. The summed E-state index contributed by atoms with van der Waals surface area (Å²) >= 11 is 0. The van der Waals surface area contributed by atoms with Gasteiger partial charge >= 0.3 is 0 Å². The van der Waals surface area contributed by atoms with Crippen molar-refractivity contribution in [3.8, 4) is 0 Å². The van der Waals surface area contributed by atoms with Gasteiger partial charge in [-0.1, -0.05) is 18.9 Å². The van der Waals surface area contributed by atoms with Crippen LogP contribution in [-0.4, -0.2) is 11.1 Å². The predicted molar refractivity (Wildman–Crippen MR) is 59.2 cm³/mol. The van der Waals surface area contributed by atoms with Crippen molar-refractivity contribution in [2.75, 3.05) is 0 Å². The van der Waals surface area contributed by atoms with Crippen molar-refractivity contribution in [1.82, 2.24) is 4.98 Å². The molecule has 0 saturated heterocycles. The SMILES string of the molecule is NCc1cccc(COC2CCCC2)n1. The summed E-state index contributed by atoms with van der Waals surface area (Å²) in [6, 6.07) is 5.93. The molecule has 1 heterocycles. The van der Waals surface area contributed by atoms with Gasteiger partial charge < -0.3 is 10.5 Å². The second-order valence-corrected chi connectivity index (χ2v) is 4.04. The van der Waals surface area contributed by atoms with Crippen LogP contribution in [0.1, 0.15) is 37.1 Å². The lowest BCUT2D eigenvalue weighted by atomic mass is 10.3. The number of aromatic nitrogens is 1. The van der Waals surface area contributed by atoms with Gasteiger partial charge in [-0.05, 0) is 25.0 Å². The minimum absolute atomic E-state index is 0.452. The topological polar surface area (TPSA) is 48.1 Å². The maximum absolute atomic E-state index is 5.79. The van der Waals surface area contributed by atoms with Crippen LogP contribution in [0.4, 0.5) is 0 Å². The summed E-state index contributed by atoms with van der Waals surface area (Å²) in [5, 5.41) is 0. The molecule has 15 heavy (non-hydrogen) atoms. The summed E-state index contributed by atoms with van der Waals surface area (Å²) in [6.07, 6.45) is 5.48. The molecular weight excluding hydrogens is 188 g/mol. The molecule has 0 bridgehead atoms. The Bertz CT molecular complexity index is 308. The summed E-state index contributed by atoms with van der Waals surface area (Å²) in [7, 11) is 0. The molecule has 1 aromatic rings. The summed E-state index contributed by atoms with van der Waals surface area (Å²) in [4.78, 5) is 4.40. The standard InChI is InChI=1S/C12H18N2O/c13-8-10-4-3-5-11(14-10)9-15-12-6-1-2-7-12/h3-5,12H,1-2,6-9,13H2. The molecule has 0 radical (unpaired) electrons. The molecule has 82 valence electrons. The molecule has 1 aliphatic rings. The normalized spacial score (nSPS) is 17.1. The zero-order chi connectivity index (χ0) is 10.5. The van der Waals surface area contributed by atoms with Gasteiger partial charge in [-0.3, -0.25) is 4.98 Å². The Morgan fingerprint density at radius 1 is 1.27 bits per heavy atom. The third-order valence-electron chi connectivity index (χ3n) is 2.84. The van der Waals surface area contributed by atoms with E-state index in [0.29, 0.717) is 19.3 Å². The molecular formula is C12H18N2O. The molecule has 0 unspecified atom stereocenters. The molecule has 2 rings (SSSR count). The molecule has 0 amide bonds. The molecule has 1 aromatic heterocycles. The monoisotopic (exact) mass is 206 g/mol. The van der Waals surface area contributed by atoms with E-state index in [4.69, 9.17) is 10.5 Å². The molecule has 1 fully saturated rings. The molecule has 0 aliphatic heterocycles. The van der Waals surface area contributed by atoms with Crippen molar-refractivity contribution in [2.45, 2.75) is 44.9 Å². The van der Waals surface area contributed by atoms with Crippen LogP contribution in [0, 0.1) is 0 Å². The van der Waals surface area contributed by atoms with Crippen LogP contribution in [0.5, 0.6) is 0 Å². The van der Waals surface area contributed by atoms with Gasteiger partial charge in [0.1, 0.15) is 0 Å². The van der Waals surface area contributed by atoms with Gasteiger partial charge in [0.25, 0.3) is 0 Å². The van der Waals surface area contributed by atoms with E-state index in [9.17, 15) is 0 Å². The van der Waals surface area contributed by atoms with E-state index >= 15 is 0 Å². The Morgan fingerprint density at radius 2 is 2.00 bits per heavy atom. The second-order valence-electron chi connectivity index (χ2n) is 4.04. The highest BCUT2D eigenvalue weighted by Gasteiger charge is 2.15. The highest BCUT2D eigenvalue weighted by atomic mass is 16.5. The van der Waals surface area contributed by atoms with Crippen molar-refractivity contribution in [1.29, 1.82) is 0 Å². The van der Waals surface area contributed by atoms with Crippen molar-refractivity contribution >= 4 is 0 Å². The molecule has 3 heteroatoms. The Kier molecular flexibility index (Phi) is 3.69. The van der Waals surface area contributed by atoms with Crippen LogP contribution in [0.2, 0.25) is 0 Å². The fourth-order valence-electron chi connectivity index (χ4n) is 1.98. The Hall–Kier alpha value is -0.930. The number of pyridine rings is 1. The van der Waals surface area contributed by atoms with Gasteiger partial charge in [-0.15, -0.1) is 0 Å². The largest absolute Gasteiger partial charge is 0.372 e. The van der Waals surface area contributed by atoms with Gasteiger partial charge in [0, 0.05) is 6.54 Å². The van der Waals surface area contributed by atoms with Gasteiger partial charge in [0.15, 0.2) is 0 Å². The van der Waals surface area contributed by atoms with E-state index < -0.39 is 0 Å². The van der Waals surface area contributed by atoms with Crippen LogP contribution in [-0.2, 0) is 17.9 Å². The Balaban J connectivity index is 1.86. The van der Waals surface area contributed by atoms with Crippen molar-refractivity contribution in [2.24, 2.45) is 5.73 Å². The van der Waals surface area contributed by atoms with Gasteiger partial charge in [0.2, 0.25) is 0 Å². The molecule has 1 aliphatic carbocycles. The number of ether oxygens (including phenoxy) is 1. The van der Waals surface area contributed by atoms with Gasteiger partial charge in [-0.2, -0.15) is 0 Å². The lowest BCUT2D eigenvalue weighted by Gasteiger charge is -2.10. The maximum atomic E-state index is 5.79. The smallest absolute Gasteiger partial charge is 0.0891 e. The quantitative estimate of drug-likeness (QED) is 0.819. The highest BCUT2D eigenvalue weighted by molar-refractivity contribution is 5.10. The number of nitrogens with two attached hydrogens (primary N) is 1. The first-order valence-corrected chi connectivity index (χ1v) is 5.65. The minimum Gasteiger partial charge on any atom is -0.372 e. The van der Waals surface area contributed by atoms with Gasteiger partial charge in [0.05, 0.1) is 24.1 Å². The van der Waals surface area contributed by atoms with E-state index in [1.807, 2.05) is 18.2 Å². The second kappa shape index (κ2) is 5.24. The zero-order valence-electron chi connectivity index (χ0n) is 8.98. The average molecular weight is 206 g/mol. The Labute approximate surface area is 90.7 Å². The van der Waals surface area contributed by atoms with Crippen molar-refractivity contribution in [3.05, 3.63) is 29.6 Å². The fourth-order valence-corrected chi connectivity index (χ4v) is 1.98. The van der Waals surface area contributed by atoms with Crippen LogP contribution in [0.25, 0.3) is 0 Å². The predicted octanol–water partition coefficient (Wildman–Crippen LogP) is 2.00. The minimum atomic E-state index is 0.452. The third-order valence-corrected chi connectivity index (χ3v) is 2.84. The van der Waals surface area contributed by atoms with Crippen molar-refractivity contribution in [3.63, 3.8) is 0 Å². The van der Waals surface area contributed by atoms with E-state index in [2.05, 4.69) is 4.98 Å². The van der Waals surface area contributed by atoms with Gasteiger partial charge in [-0.25, -0.2) is 0 Å². The lowest BCUT2D eigenvalue weighted by Crippen LogP contribution is -2.09. The number of hydrogen-bond acceptors (Lipinski definition) is 3. The first-order chi connectivity index (χ1) is 7.38. The molecule has 0 spiro atoms. The van der Waals surface area contributed by atoms with Crippen LogP contribution in [0.3, 0.4) is 0 Å². The van der Waals surface area contributed by atoms with Crippen LogP contribution >= 0.6 is 0 Å². The third kappa shape index (κ3) is 3.01. The number of nitrogens with zero attached hydrogens (tertiary/aromatic N) is 1. The van der Waals surface area contributed by atoms with E-state index in [0.717, 1.165) is 11.4 Å². The Morgan fingerprint density at radius 3 is 2.73 bits per heavy atom. The lowest BCUT2D eigenvalue weighted by molar-refractivity contribution is 0.0437. The fraction of sp³-hybridized carbons (Fsp3) is 0.583. The molecule has 3 nitrogen and oxygen atoms in total. The average Bonchev–Trinajstić information content (AvgIpc) is 2.79. The summed E-state index contributed by atoms with van der Waals surface area (Å²) in [5.74, 6) is 0. The molecule has 0 aromatic carbocycles. The first kappa shape index (κ1) is 10.6. The number of rotatable bonds is 4. The van der Waals surface area contributed by atoms with E-state index in [1.165, 1.54) is 25.7 Å². The van der Waals surface area contributed by atoms with Crippen molar-refractivity contribution < 1.29 is 4.74 Å². The highest BCUT2D eigenvalue weighted by Crippen LogP contribution is 2.21. The molecule has 2 N–H and O–H groups in total.